The molecule has 10 nitrogen and oxygen atoms in total. The third-order valence-electron chi connectivity index (χ3n) is 4.30. The molecule has 4 heterocycles. The topological polar surface area (TPSA) is 145 Å². The zero-order chi connectivity index (χ0) is 20.8. The molecular formula is C15H14F3N7O3S. The summed E-state index contributed by atoms with van der Waals surface area (Å²) in [6.07, 6.45) is -5.54. The molecule has 1 fully saturated rings. The molecule has 3 aromatic heterocycles. The number of rotatable bonds is 4. The van der Waals surface area contributed by atoms with Gasteiger partial charge < -0.3 is 20.7 Å². The van der Waals surface area contributed by atoms with Gasteiger partial charge in [0.1, 0.15) is 29.7 Å². The van der Waals surface area contributed by atoms with E-state index < -0.39 is 36.4 Å². The van der Waals surface area contributed by atoms with Gasteiger partial charge in [0, 0.05) is 11.9 Å². The van der Waals surface area contributed by atoms with Crippen molar-refractivity contribution in [1.29, 1.82) is 0 Å². The highest BCUT2D eigenvalue weighted by Crippen LogP contribution is 2.34. The van der Waals surface area contributed by atoms with Crippen molar-refractivity contribution in [3.05, 3.63) is 30.6 Å². The maximum Gasteiger partial charge on any atom is 0.433 e. The molecule has 4 N–H and O–H groups in total. The highest BCUT2D eigenvalue weighted by Gasteiger charge is 2.44. The van der Waals surface area contributed by atoms with Gasteiger partial charge in [0.2, 0.25) is 0 Å². The average molecular weight is 429 g/mol. The molecule has 1 saturated heterocycles. The second-order valence-electron chi connectivity index (χ2n) is 6.16. The van der Waals surface area contributed by atoms with Crippen LogP contribution in [0.1, 0.15) is 11.9 Å². The molecule has 29 heavy (non-hydrogen) atoms. The van der Waals surface area contributed by atoms with Gasteiger partial charge >= 0.3 is 6.18 Å². The van der Waals surface area contributed by atoms with Crippen molar-refractivity contribution < 1.29 is 28.1 Å². The summed E-state index contributed by atoms with van der Waals surface area (Å²) in [5.74, 6) is 0.162. The molecule has 4 atom stereocenters. The maximum absolute atomic E-state index is 12.8. The number of aromatic nitrogens is 6. The Morgan fingerprint density at radius 2 is 1.97 bits per heavy atom. The Bertz CT molecular complexity index is 1030. The Kier molecular flexibility index (Phi) is 5.02. The number of nitrogens with zero attached hydrogens (tertiary/aromatic N) is 6. The lowest BCUT2D eigenvalue weighted by Gasteiger charge is -2.16. The van der Waals surface area contributed by atoms with E-state index in [1.807, 2.05) is 0 Å². The van der Waals surface area contributed by atoms with Crippen molar-refractivity contribution in [3.8, 4) is 0 Å². The largest absolute Gasteiger partial charge is 0.433 e. The van der Waals surface area contributed by atoms with E-state index in [4.69, 9.17) is 10.5 Å². The van der Waals surface area contributed by atoms with Crippen molar-refractivity contribution in [2.45, 2.75) is 35.9 Å². The zero-order valence-electron chi connectivity index (χ0n) is 14.4. The van der Waals surface area contributed by atoms with Gasteiger partial charge in [-0.25, -0.2) is 24.9 Å². The Morgan fingerprint density at radius 1 is 1.17 bits per heavy atom. The molecule has 0 aliphatic carbocycles. The van der Waals surface area contributed by atoms with Gasteiger partial charge in [-0.2, -0.15) is 13.2 Å². The second kappa shape index (κ2) is 7.37. The first-order chi connectivity index (χ1) is 13.8. The van der Waals surface area contributed by atoms with Crippen LogP contribution >= 0.6 is 11.8 Å². The summed E-state index contributed by atoms with van der Waals surface area (Å²) >= 11 is 0.870. The van der Waals surface area contributed by atoms with Gasteiger partial charge in [0.15, 0.2) is 22.8 Å². The Morgan fingerprint density at radius 3 is 2.72 bits per heavy atom. The van der Waals surface area contributed by atoms with Crippen LogP contribution in [0.15, 0.2) is 30.1 Å². The quantitative estimate of drug-likeness (QED) is 0.399. The fourth-order valence-electron chi connectivity index (χ4n) is 2.88. The minimum Gasteiger partial charge on any atom is -0.387 e. The summed E-state index contributed by atoms with van der Waals surface area (Å²) < 4.78 is 45.4. The highest BCUT2D eigenvalue weighted by molar-refractivity contribution is 7.99. The molecule has 1 aliphatic heterocycles. The molecule has 0 unspecified atom stereocenters. The van der Waals surface area contributed by atoms with Crippen LogP contribution in [0.3, 0.4) is 0 Å². The van der Waals surface area contributed by atoms with Crippen LogP contribution in [0, 0.1) is 0 Å². The monoisotopic (exact) mass is 429 g/mol. The molecule has 0 radical (unpaired) electrons. The van der Waals surface area contributed by atoms with Gasteiger partial charge in [-0.1, -0.05) is 11.8 Å². The molecule has 3 aromatic rings. The van der Waals surface area contributed by atoms with Gasteiger partial charge in [-0.05, 0) is 6.07 Å². The van der Waals surface area contributed by atoms with Crippen molar-refractivity contribution in [3.63, 3.8) is 0 Å². The van der Waals surface area contributed by atoms with Gasteiger partial charge in [0.05, 0.1) is 12.4 Å². The molecule has 0 saturated carbocycles. The van der Waals surface area contributed by atoms with Crippen LogP contribution in [0.5, 0.6) is 0 Å². The van der Waals surface area contributed by atoms with E-state index in [2.05, 4.69) is 24.9 Å². The number of alkyl halides is 3. The van der Waals surface area contributed by atoms with Crippen molar-refractivity contribution in [2.75, 3.05) is 11.5 Å². The Balaban J connectivity index is 1.50. The predicted octanol–water partition coefficient (Wildman–Crippen LogP) is 0.629. The van der Waals surface area contributed by atoms with E-state index in [1.54, 1.807) is 0 Å². The van der Waals surface area contributed by atoms with E-state index in [0.717, 1.165) is 24.0 Å². The van der Waals surface area contributed by atoms with Crippen LogP contribution in [0.2, 0.25) is 0 Å². The van der Waals surface area contributed by atoms with Crippen LogP contribution in [0.25, 0.3) is 11.2 Å². The summed E-state index contributed by atoms with van der Waals surface area (Å²) in [7, 11) is 0. The SMILES string of the molecule is Nc1ncnc2c1ncn2[C@@H]1O[C@H](CSc2nccc(C(F)(F)F)n2)[C@@H](O)[C@H]1O. The number of fused-ring (bicyclic) bond motifs is 1. The molecule has 1 aliphatic rings. The number of thioether (sulfide) groups is 1. The van der Waals surface area contributed by atoms with E-state index in [1.165, 1.54) is 17.2 Å². The number of halogens is 3. The van der Waals surface area contributed by atoms with Crippen molar-refractivity contribution in [2.24, 2.45) is 0 Å². The number of anilines is 1. The zero-order valence-corrected chi connectivity index (χ0v) is 15.2. The lowest BCUT2D eigenvalue weighted by atomic mass is 10.1. The number of imidazole rings is 1. The average Bonchev–Trinajstić information content (AvgIpc) is 3.23. The Labute approximate surface area is 165 Å². The fraction of sp³-hybridized carbons (Fsp3) is 0.400. The minimum absolute atomic E-state index is 0.0137. The van der Waals surface area contributed by atoms with E-state index in [-0.39, 0.29) is 16.7 Å². The summed E-state index contributed by atoms with van der Waals surface area (Å²) in [4.78, 5) is 19.2. The van der Waals surface area contributed by atoms with E-state index in [9.17, 15) is 23.4 Å². The van der Waals surface area contributed by atoms with Crippen LogP contribution in [0.4, 0.5) is 19.0 Å². The molecule has 0 amide bonds. The van der Waals surface area contributed by atoms with Crippen molar-refractivity contribution >= 4 is 28.7 Å². The van der Waals surface area contributed by atoms with Gasteiger partial charge in [-0.3, -0.25) is 4.57 Å². The maximum atomic E-state index is 12.8. The van der Waals surface area contributed by atoms with Crippen LogP contribution in [-0.4, -0.2) is 63.8 Å². The molecule has 14 heteroatoms. The number of nitrogens with two attached hydrogens (primary N) is 1. The first-order valence-electron chi connectivity index (χ1n) is 8.23. The lowest BCUT2D eigenvalue weighted by molar-refractivity contribution is -0.141. The van der Waals surface area contributed by atoms with Gasteiger partial charge in [0.25, 0.3) is 0 Å². The summed E-state index contributed by atoms with van der Waals surface area (Å²) in [5.41, 5.74) is 5.29. The predicted molar refractivity (Wildman–Crippen MR) is 93.4 cm³/mol. The molecule has 0 spiro atoms. The summed E-state index contributed by atoms with van der Waals surface area (Å²) in [6, 6.07) is 0.766. The molecular weight excluding hydrogens is 415 g/mol. The molecule has 0 aromatic carbocycles. The molecule has 154 valence electrons. The third kappa shape index (κ3) is 3.71. The van der Waals surface area contributed by atoms with E-state index in [0.29, 0.717) is 11.2 Å². The smallest absolute Gasteiger partial charge is 0.387 e. The molecule has 0 bridgehead atoms. The number of hydrogen-bond acceptors (Lipinski definition) is 10. The van der Waals surface area contributed by atoms with Crippen LogP contribution in [-0.2, 0) is 10.9 Å². The number of ether oxygens (including phenoxy) is 1. The van der Waals surface area contributed by atoms with Crippen LogP contribution < -0.4 is 5.73 Å². The summed E-state index contributed by atoms with van der Waals surface area (Å²) in [6.45, 7) is 0. The standard InChI is InChI=1S/C15H14F3N7O3S/c16-15(17,18)7-1-2-20-14(24-7)29-3-6-9(26)10(27)13(28-6)25-5-23-8-11(19)21-4-22-12(8)25/h1-2,4-6,9-10,13,26-27H,3H2,(H2,19,21,22)/t6-,9-,10-,13-/m1/s1. The fourth-order valence-corrected chi connectivity index (χ4v) is 3.77. The molecule has 4 rings (SSSR count). The first kappa shape index (κ1) is 19.8. The Hall–Kier alpha value is -2.55. The third-order valence-corrected chi connectivity index (χ3v) is 5.25. The second-order valence-corrected chi connectivity index (χ2v) is 7.15. The van der Waals surface area contributed by atoms with E-state index >= 15 is 0 Å². The number of aliphatic hydroxyl groups excluding tert-OH is 2. The highest BCUT2D eigenvalue weighted by atomic mass is 32.2. The number of aliphatic hydroxyl groups is 2. The normalized spacial score (nSPS) is 25.0. The first-order valence-corrected chi connectivity index (χ1v) is 9.22. The number of nitrogen functional groups attached to an aromatic ring is 1. The summed E-state index contributed by atoms with van der Waals surface area (Å²) in [5, 5.41) is 20.6. The minimum atomic E-state index is -4.59. The van der Waals surface area contributed by atoms with Crippen molar-refractivity contribution in [1.82, 2.24) is 29.5 Å². The number of hydrogen-bond donors (Lipinski definition) is 3. The van der Waals surface area contributed by atoms with Gasteiger partial charge in [-0.15, -0.1) is 0 Å². The lowest BCUT2D eigenvalue weighted by Crippen LogP contribution is -2.32.